The van der Waals surface area contributed by atoms with Gasteiger partial charge < -0.3 is 5.11 Å². The number of hydrogen-bond donors (Lipinski definition) is 1. The fourth-order valence-electron chi connectivity index (χ4n) is 1.77. The molecule has 0 heterocycles. The highest BCUT2D eigenvalue weighted by Gasteiger charge is 2.17. The third kappa shape index (κ3) is 2.44. The third-order valence-corrected chi connectivity index (χ3v) is 3.08. The average Bonchev–Trinajstić information content (AvgIpc) is 2.34. The summed E-state index contributed by atoms with van der Waals surface area (Å²) in [5.74, 6) is -2.75. The summed E-state index contributed by atoms with van der Waals surface area (Å²) in [7, 11) is 0. The highest BCUT2D eigenvalue weighted by molar-refractivity contribution is 6.33. The Hall–Kier alpha value is -1.94. The number of rotatable bonds is 2. The van der Waals surface area contributed by atoms with Gasteiger partial charge in [0.15, 0.2) is 0 Å². The van der Waals surface area contributed by atoms with Crippen molar-refractivity contribution in [2.45, 2.75) is 6.92 Å². The number of halogens is 3. The molecule has 2 nitrogen and oxygen atoms in total. The molecule has 19 heavy (non-hydrogen) atoms. The Morgan fingerprint density at radius 1 is 1.21 bits per heavy atom. The number of hydrogen-bond acceptors (Lipinski definition) is 1. The van der Waals surface area contributed by atoms with Gasteiger partial charge in [0.25, 0.3) is 0 Å². The maximum absolute atomic E-state index is 14.1. The molecule has 0 aliphatic heterocycles. The van der Waals surface area contributed by atoms with E-state index in [4.69, 9.17) is 16.7 Å². The molecule has 2 rings (SSSR count). The maximum Gasteiger partial charge on any atom is 0.338 e. The first-order valence-electron chi connectivity index (χ1n) is 5.39. The molecule has 0 fully saturated rings. The van der Waals surface area contributed by atoms with Crippen molar-refractivity contribution in [1.29, 1.82) is 0 Å². The summed E-state index contributed by atoms with van der Waals surface area (Å²) in [6, 6.07) is 6.45. The molecule has 0 spiro atoms. The second-order valence-electron chi connectivity index (χ2n) is 4.05. The molecule has 98 valence electrons. The smallest absolute Gasteiger partial charge is 0.338 e. The van der Waals surface area contributed by atoms with Crippen molar-refractivity contribution in [3.63, 3.8) is 0 Å². The molecule has 2 aromatic carbocycles. The van der Waals surface area contributed by atoms with Crippen LogP contribution in [0.3, 0.4) is 0 Å². The van der Waals surface area contributed by atoms with Crippen LogP contribution in [0, 0.1) is 18.6 Å². The van der Waals surface area contributed by atoms with E-state index in [1.807, 2.05) is 0 Å². The van der Waals surface area contributed by atoms with Crippen molar-refractivity contribution >= 4 is 17.6 Å². The number of benzene rings is 2. The van der Waals surface area contributed by atoms with Crippen molar-refractivity contribution < 1.29 is 18.7 Å². The summed E-state index contributed by atoms with van der Waals surface area (Å²) in [5.41, 5.74) is 0.157. The zero-order valence-corrected chi connectivity index (χ0v) is 10.6. The van der Waals surface area contributed by atoms with Crippen molar-refractivity contribution in [3.05, 3.63) is 58.1 Å². The quantitative estimate of drug-likeness (QED) is 0.892. The molecule has 0 aliphatic carbocycles. The second kappa shape index (κ2) is 4.97. The Bertz CT molecular complexity index is 669. The summed E-state index contributed by atoms with van der Waals surface area (Å²) >= 11 is 5.89. The zero-order valence-electron chi connectivity index (χ0n) is 9.88. The molecule has 2 aromatic rings. The van der Waals surface area contributed by atoms with Crippen molar-refractivity contribution in [2.75, 3.05) is 0 Å². The minimum atomic E-state index is -1.37. The predicted molar refractivity (Wildman–Crippen MR) is 68.5 cm³/mol. The van der Waals surface area contributed by atoms with Gasteiger partial charge in [-0.25, -0.2) is 13.6 Å². The lowest BCUT2D eigenvalue weighted by molar-refractivity contribution is 0.0692. The van der Waals surface area contributed by atoms with Crippen LogP contribution in [0.25, 0.3) is 11.1 Å². The second-order valence-corrected chi connectivity index (χ2v) is 4.46. The lowest BCUT2D eigenvalue weighted by Gasteiger charge is -2.09. The lowest BCUT2D eigenvalue weighted by atomic mass is 10.00. The van der Waals surface area contributed by atoms with Gasteiger partial charge in [0.05, 0.1) is 10.6 Å². The molecule has 1 N–H and O–H groups in total. The molecule has 0 saturated carbocycles. The summed E-state index contributed by atoms with van der Waals surface area (Å²) < 4.78 is 27.4. The Morgan fingerprint density at radius 3 is 2.53 bits per heavy atom. The molecule has 0 bridgehead atoms. The van der Waals surface area contributed by atoms with Crippen LogP contribution in [0.1, 0.15) is 15.9 Å². The number of aromatic carboxylic acids is 1. The van der Waals surface area contributed by atoms with E-state index in [1.165, 1.54) is 25.1 Å². The normalized spacial score (nSPS) is 10.5. The summed E-state index contributed by atoms with van der Waals surface area (Å²) in [6.07, 6.45) is 0. The summed E-state index contributed by atoms with van der Waals surface area (Å²) in [6.45, 7) is 1.52. The molecule has 0 aromatic heterocycles. The first-order valence-corrected chi connectivity index (χ1v) is 5.77. The van der Waals surface area contributed by atoms with Gasteiger partial charge >= 0.3 is 5.97 Å². The van der Waals surface area contributed by atoms with Crippen LogP contribution < -0.4 is 0 Å². The van der Waals surface area contributed by atoms with E-state index in [1.54, 1.807) is 0 Å². The molecule has 0 atom stereocenters. The molecular weight excluding hydrogens is 274 g/mol. The molecule has 0 unspecified atom stereocenters. The van der Waals surface area contributed by atoms with Crippen LogP contribution >= 0.6 is 11.6 Å². The van der Waals surface area contributed by atoms with Crippen LogP contribution in [0.5, 0.6) is 0 Å². The SMILES string of the molecule is Cc1cc(-c2cccc(C(=O)O)c2F)c(Cl)cc1F. The minimum absolute atomic E-state index is 0.0320. The van der Waals surface area contributed by atoms with Gasteiger partial charge in [-0.05, 0) is 30.7 Å². The molecule has 0 saturated heterocycles. The predicted octanol–water partition coefficient (Wildman–Crippen LogP) is 4.29. The van der Waals surface area contributed by atoms with Crippen LogP contribution in [0.2, 0.25) is 5.02 Å². The van der Waals surface area contributed by atoms with Gasteiger partial charge in [0.2, 0.25) is 0 Å². The largest absolute Gasteiger partial charge is 0.478 e. The molecule has 5 heteroatoms. The van der Waals surface area contributed by atoms with Gasteiger partial charge in [0, 0.05) is 11.1 Å². The third-order valence-electron chi connectivity index (χ3n) is 2.77. The van der Waals surface area contributed by atoms with Crippen molar-refractivity contribution in [3.8, 4) is 11.1 Å². The Kier molecular flexibility index (Phi) is 3.53. The van der Waals surface area contributed by atoms with E-state index >= 15 is 0 Å². The van der Waals surface area contributed by atoms with Gasteiger partial charge in [0.1, 0.15) is 11.6 Å². The summed E-state index contributed by atoms with van der Waals surface area (Å²) in [5, 5.41) is 8.90. The first-order chi connectivity index (χ1) is 8.91. The number of carbonyl (C=O) groups is 1. The van der Waals surface area contributed by atoms with Gasteiger partial charge in [-0.3, -0.25) is 0 Å². The van der Waals surface area contributed by atoms with E-state index < -0.39 is 23.2 Å². The standard InChI is InChI=1S/C14H9ClF2O2/c1-7-5-10(11(15)6-12(7)16)8-3-2-4-9(13(8)17)14(18)19/h2-6H,1H3,(H,18,19). The van der Waals surface area contributed by atoms with E-state index in [0.717, 1.165) is 12.1 Å². The molecular formula is C14H9ClF2O2. The zero-order chi connectivity index (χ0) is 14.2. The molecule has 0 radical (unpaired) electrons. The average molecular weight is 283 g/mol. The van der Waals surface area contributed by atoms with Crippen LogP contribution in [0.15, 0.2) is 30.3 Å². The Labute approximate surface area is 113 Å². The van der Waals surface area contributed by atoms with Gasteiger partial charge in [-0.15, -0.1) is 0 Å². The fraction of sp³-hybridized carbons (Fsp3) is 0.0714. The van der Waals surface area contributed by atoms with Crippen LogP contribution in [-0.4, -0.2) is 11.1 Å². The fourth-order valence-corrected chi connectivity index (χ4v) is 2.02. The van der Waals surface area contributed by atoms with Crippen molar-refractivity contribution in [1.82, 2.24) is 0 Å². The van der Waals surface area contributed by atoms with E-state index in [9.17, 15) is 13.6 Å². The number of aryl methyl sites for hydroxylation is 1. The van der Waals surface area contributed by atoms with Gasteiger partial charge in [-0.1, -0.05) is 23.7 Å². The minimum Gasteiger partial charge on any atom is -0.478 e. The van der Waals surface area contributed by atoms with Crippen LogP contribution in [-0.2, 0) is 0 Å². The monoisotopic (exact) mass is 282 g/mol. The Morgan fingerprint density at radius 2 is 1.89 bits per heavy atom. The summed E-state index contributed by atoms with van der Waals surface area (Å²) in [4.78, 5) is 10.9. The maximum atomic E-state index is 14.1. The van der Waals surface area contributed by atoms with E-state index in [2.05, 4.69) is 0 Å². The number of carboxylic acids is 1. The highest BCUT2D eigenvalue weighted by Crippen LogP contribution is 2.33. The molecule has 0 amide bonds. The van der Waals surface area contributed by atoms with E-state index in [-0.39, 0.29) is 16.1 Å². The number of carboxylic acid groups (broad SMARTS) is 1. The van der Waals surface area contributed by atoms with E-state index in [0.29, 0.717) is 5.56 Å². The van der Waals surface area contributed by atoms with Crippen LogP contribution in [0.4, 0.5) is 8.78 Å². The molecule has 0 aliphatic rings. The lowest BCUT2D eigenvalue weighted by Crippen LogP contribution is -2.02. The van der Waals surface area contributed by atoms with Crippen molar-refractivity contribution in [2.24, 2.45) is 0 Å². The van der Waals surface area contributed by atoms with Gasteiger partial charge in [-0.2, -0.15) is 0 Å². The Balaban J connectivity index is 2.69. The topological polar surface area (TPSA) is 37.3 Å². The first kappa shape index (κ1) is 13.5. The highest BCUT2D eigenvalue weighted by atomic mass is 35.5.